The summed E-state index contributed by atoms with van der Waals surface area (Å²) in [4.78, 5) is 10.3. The van der Waals surface area contributed by atoms with E-state index >= 15 is 0 Å². The fourth-order valence-electron chi connectivity index (χ4n) is 5.83. The highest BCUT2D eigenvalue weighted by Crippen LogP contribution is 2.47. The molecule has 7 rings (SSSR count). The summed E-state index contributed by atoms with van der Waals surface area (Å²) >= 11 is 0. The van der Waals surface area contributed by atoms with Crippen molar-refractivity contribution in [2.75, 3.05) is 0 Å². The number of aromatic nitrogens is 7. The number of aryl methyl sites for hydroxylation is 1. The Labute approximate surface area is 232 Å². The third-order valence-electron chi connectivity index (χ3n) is 7.93. The summed E-state index contributed by atoms with van der Waals surface area (Å²) in [5.41, 5.74) is 7.95. The highest BCUT2D eigenvalue weighted by atomic mass is 16.3. The molecule has 1 N–H and O–H groups in total. The summed E-state index contributed by atoms with van der Waals surface area (Å²) in [5, 5.41) is 22.3. The molecule has 0 saturated heterocycles. The maximum Gasteiger partial charge on any atom is 0.181 e. The first-order chi connectivity index (χ1) is 19.4. The Morgan fingerprint density at radius 1 is 0.925 bits per heavy atom. The molecule has 0 spiro atoms. The molecule has 0 aliphatic heterocycles. The van der Waals surface area contributed by atoms with Crippen LogP contribution in [0.4, 0.5) is 0 Å². The van der Waals surface area contributed by atoms with E-state index in [-0.39, 0.29) is 5.92 Å². The molecule has 2 aromatic carbocycles. The number of pyridine rings is 1. The van der Waals surface area contributed by atoms with Crippen LogP contribution in [0.1, 0.15) is 61.6 Å². The van der Waals surface area contributed by atoms with Crippen molar-refractivity contribution in [3.05, 3.63) is 83.9 Å². The van der Waals surface area contributed by atoms with Gasteiger partial charge < -0.3 is 9.67 Å². The molecule has 0 amide bonds. The largest absolute Gasteiger partial charge is 0.386 e. The second-order valence-electron chi connectivity index (χ2n) is 11.3. The van der Waals surface area contributed by atoms with Crippen molar-refractivity contribution in [3.63, 3.8) is 0 Å². The Morgan fingerprint density at radius 3 is 2.48 bits per heavy atom. The molecule has 4 heterocycles. The molecule has 0 radical (unpaired) electrons. The predicted molar refractivity (Wildman–Crippen MR) is 157 cm³/mol. The lowest BCUT2D eigenvalue weighted by molar-refractivity contribution is 0.152. The average Bonchev–Trinajstić information content (AvgIpc) is 3.44. The summed E-state index contributed by atoms with van der Waals surface area (Å²) < 4.78 is 5.95. The van der Waals surface area contributed by atoms with Crippen LogP contribution in [0.25, 0.3) is 44.6 Å². The predicted octanol–water partition coefficient (Wildman–Crippen LogP) is 6.12. The number of benzene rings is 2. The Bertz CT molecular complexity index is 1860. The second kappa shape index (κ2) is 9.41. The molecule has 6 aromatic rings. The van der Waals surface area contributed by atoms with E-state index in [1.807, 2.05) is 65.2 Å². The fraction of sp³-hybridized carbons (Fsp3) is 0.312. The van der Waals surface area contributed by atoms with E-state index in [4.69, 9.17) is 15.1 Å². The number of imidazole rings is 1. The van der Waals surface area contributed by atoms with Gasteiger partial charge in [-0.3, -0.25) is 9.36 Å². The number of aliphatic hydroxyl groups is 1. The zero-order valence-electron chi connectivity index (χ0n) is 23.3. The van der Waals surface area contributed by atoms with E-state index in [9.17, 15) is 5.11 Å². The molecule has 1 saturated carbocycles. The van der Waals surface area contributed by atoms with Crippen LogP contribution in [0.3, 0.4) is 0 Å². The van der Waals surface area contributed by atoms with Gasteiger partial charge in [-0.1, -0.05) is 56.3 Å². The summed E-state index contributed by atoms with van der Waals surface area (Å²) in [6.45, 7) is 4.73. The topological polar surface area (TPSA) is 86.6 Å². The van der Waals surface area contributed by atoms with Gasteiger partial charge in [0.15, 0.2) is 5.65 Å². The minimum Gasteiger partial charge on any atom is -0.386 e. The minimum absolute atomic E-state index is 0.226. The molecular weight excluding hydrogens is 498 g/mol. The van der Waals surface area contributed by atoms with E-state index in [2.05, 4.69) is 48.8 Å². The maximum atomic E-state index is 10.8. The van der Waals surface area contributed by atoms with E-state index < -0.39 is 6.10 Å². The van der Waals surface area contributed by atoms with Crippen LogP contribution in [0.15, 0.2) is 67.0 Å². The molecule has 1 aliphatic rings. The monoisotopic (exact) mass is 531 g/mol. The standard InChI is InChI=1S/C32H33N7O/c1-19(2)28-24(15-22-16-37(3)36-31(22)33-28)32-34-29(30(38(32)4)21-13-14-21)23-11-8-12-26-25(23)17-39(35-26)18-27(40)20-9-6-5-7-10-20/h5-12,15-17,19,21,27,40H,13-14,18H2,1-4H3/t27-/m0/s1. The van der Waals surface area contributed by atoms with Crippen molar-refractivity contribution in [1.29, 1.82) is 0 Å². The quantitative estimate of drug-likeness (QED) is 0.268. The third-order valence-corrected chi connectivity index (χ3v) is 7.93. The lowest BCUT2D eigenvalue weighted by Crippen LogP contribution is -2.08. The van der Waals surface area contributed by atoms with Gasteiger partial charge in [0.2, 0.25) is 0 Å². The number of rotatable bonds is 7. The van der Waals surface area contributed by atoms with Gasteiger partial charge in [-0.05, 0) is 36.5 Å². The van der Waals surface area contributed by atoms with E-state index in [0.29, 0.717) is 12.5 Å². The Kier molecular flexibility index (Phi) is 5.82. The van der Waals surface area contributed by atoms with Crippen LogP contribution in [0.5, 0.6) is 0 Å². The molecule has 40 heavy (non-hydrogen) atoms. The number of hydrogen-bond donors (Lipinski definition) is 1. The van der Waals surface area contributed by atoms with Crippen LogP contribution in [0.2, 0.25) is 0 Å². The van der Waals surface area contributed by atoms with Crippen molar-refractivity contribution in [2.45, 2.75) is 51.2 Å². The average molecular weight is 532 g/mol. The van der Waals surface area contributed by atoms with E-state index in [1.165, 1.54) is 18.5 Å². The molecule has 1 atom stereocenters. The first-order valence-electron chi connectivity index (χ1n) is 14.0. The Morgan fingerprint density at radius 2 is 1.73 bits per heavy atom. The van der Waals surface area contributed by atoms with Crippen LogP contribution < -0.4 is 0 Å². The lowest BCUT2D eigenvalue weighted by atomic mass is 10.0. The first kappa shape index (κ1) is 24.7. The number of nitrogens with zero attached hydrogens (tertiary/aromatic N) is 7. The normalized spacial score (nSPS) is 14.6. The number of aliphatic hydroxyl groups excluding tert-OH is 1. The van der Waals surface area contributed by atoms with Crippen molar-refractivity contribution in [2.24, 2.45) is 14.1 Å². The van der Waals surface area contributed by atoms with Gasteiger partial charge in [-0.2, -0.15) is 10.2 Å². The second-order valence-corrected chi connectivity index (χ2v) is 11.3. The summed E-state index contributed by atoms with van der Waals surface area (Å²) in [7, 11) is 4.07. The summed E-state index contributed by atoms with van der Waals surface area (Å²) in [6.07, 6.45) is 5.76. The molecule has 0 unspecified atom stereocenters. The van der Waals surface area contributed by atoms with Crippen LogP contribution in [-0.2, 0) is 20.6 Å². The molecule has 1 aliphatic carbocycles. The Balaban J connectivity index is 1.36. The Hall–Kier alpha value is -4.30. The molecule has 4 aromatic heterocycles. The SMILES string of the molecule is CC(C)c1nc2nn(C)cc2cc1-c1nc(-c2cccc3nn(C[C@H](O)c4ccccc4)cc23)c(C2CC2)n1C. The van der Waals surface area contributed by atoms with Crippen LogP contribution in [-0.4, -0.2) is 39.2 Å². The maximum absolute atomic E-state index is 10.8. The smallest absolute Gasteiger partial charge is 0.181 e. The molecule has 1 fully saturated rings. The van der Waals surface area contributed by atoms with Gasteiger partial charge in [0.25, 0.3) is 0 Å². The first-order valence-corrected chi connectivity index (χ1v) is 14.0. The zero-order valence-corrected chi connectivity index (χ0v) is 23.3. The van der Waals surface area contributed by atoms with E-state index in [0.717, 1.165) is 55.8 Å². The van der Waals surface area contributed by atoms with Crippen LogP contribution in [0, 0.1) is 0 Å². The van der Waals surface area contributed by atoms with Gasteiger partial charge in [0, 0.05) is 60.0 Å². The van der Waals surface area contributed by atoms with Crippen LogP contribution >= 0.6 is 0 Å². The van der Waals surface area contributed by atoms with E-state index in [1.54, 1.807) is 0 Å². The van der Waals surface area contributed by atoms with Crippen molar-refractivity contribution < 1.29 is 5.11 Å². The number of fused-ring (bicyclic) bond motifs is 2. The van der Waals surface area contributed by atoms with Gasteiger partial charge in [0.1, 0.15) is 5.82 Å². The molecule has 0 bridgehead atoms. The van der Waals surface area contributed by atoms with Gasteiger partial charge in [-0.25, -0.2) is 9.97 Å². The lowest BCUT2D eigenvalue weighted by Gasteiger charge is -2.12. The van der Waals surface area contributed by atoms with Crippen molar-refractivity contribution in [1.82, 2.24) is 34.1 Å². The summed E-state index contributed by atoms with van der Waals surface area (Å²) in [5.74, 6) is 1.65. The molecule has 8 heteroatoms. The zero-order chi connectivity index (χ0) is 27.5. The van der Waals surface area contributed by atoms with Gasteiger partial charge in [0.05, 0.1) is 29.6 Å². The summed E-state index contributed by atoms with van der Waals surface area (Å²) in [6, 6.07) is 18.2. The van der Waals surface area contributed by atoms with Gasteiger partial charge >= 0.3 is 0 Å². The fourth-order valence-corrected chi connectivity index (χ4v) is 5.83. The van der Waals surface area contributed by atoms with Crippen molar-refractivity contribution >= 4 is 21.9 Å². The van der Waals surface area contributed by atoms with Crippen molar-refractivity contribution in [3.8, 4) is 22.6 Å². The van der Waals surface area contributed by atoms with Gasteiger partial charge in [-0.15, -0.1) is 0 Å². The highest BCUT2D eigenvalue weighted by molar-refractivity contribution is 5.95. The molecular formula is C32H33N7O. The number of hydrogen-bond acceptors (Lipinski definition) is 5. The molecule has 202 valence electrons. The minimum atomic E-state index is -0.633. The molecule has 8 nitrogen and oxygen atoms in total. The highest BCUT2D eigenvalue weighted by Gasteiger charge is 2.33. The third kappa shape index (κ3) is 4.19.